The molecule has 0 bridgehead atoms. The van der Waals surface area contributed by atoms with Gasteiger partial charge in [-0.3, -0.25) is 0 Å². The fraction of sp³-hybridized carbons (Fsp3) is 0.385. The first-order valence-electron chi connectivity index (χ1n) is 5.07. The second-order valence-electron chi connectivity index (χ2n) is 4.93. The highest BCUT2D eigenvalue weighted by molar-refractivity contribution is 5.52. The molecule has 14 heavy (non-hydrogen) atoms. The molecular weight excluding hydrogens is 170 g/mol. The number of rotatable bonds is 0. The molecule has 0 saturated heterocycles. The van der Waals surface area contributed by atoms with Crippen molar-refractivity contribution in [3.05, 3.63) is 41.7 Å². The van der Waals surface area contributed by atoms with Crippen LogP contribution in [0.15, 0.2) is 30.5 Å². The molecule has 0 N–H and O–H groups in total. The van der Waals surface area contributed by atoms with Gasteiger partial charge in [-0.2, -0.15) is 0 Å². The summed E-state index contributed by atoms with van der Waals surface area (Å²) >= 11 is 0. The summed E-state index contributed by atoms with van der Waals surface area (Å²) in [5, 5.41) is 0. The van der Waals surface area contributed by atoms with Crippen molar-refractivity contribution in [1.29, 1.82) is 0 Å². The van der Waals surface area contributed by atoms with Crippen molar-refractivity contribution in [3.63, 3.8) is 0 Å². The Morgan fingerprint density at radius 1 is 1.07 bits per heavy atom. The molecule has 2 heterocycles. The molecule has 74 valence electrons. The van der Waals surface area contributed by atoms with E-state index in [9.17, 15) is 0 Å². The van der Waals surface area contributed by atoms with Crippen molar-refractivity contribution in [2.45, 2.75) is 33.1 Å². The molecule has 0 amide bonds. The van der Waals surface area contributed by atoms with Gasteiger partial charge in [-0.15, -0.1) is 0 Å². The van der Waals surface area contributed by atoms with Gasteiger partial charge in [-0.1, -0.05) is 20.8 Å². The highest BCUT2D eigenvalue weighted by atomic mass is 14.9. The van der Waals surface area contributed by atoms with E-state index in [1.54, 1.807) is 0 Å². The average molecular weight is 187 g/mol. The molecule has 2 rings (SSSR count). The Kier molecular flexibility index (Phi) is 1.91. The Hall–Kier alpha value is -1.24. The predicted octanol–water partition coefficient (Wildman–Crippen LogP) is 3.55. The number of nitrogens with zero attached hydrogens (tertiary/aromatic N) is 1. The molecule has 0 radical (unpaired) electrons. The minimum atomic E-state index is 0.236. The normalized spacial score (nSPS) is 12.3. The second kappa shape index (κ2) is 2.88. The monoisotopic (exact) mass is 187 g/mol. The lowest BCUT2D eigenvalue weighted by Crippen LogP contribution is -2.11. The Balaban J connectivity index is 2.63. The van der Waals surface area contributed by atoms with Crippen LogP contribution in [0.5, 0.6) is 0 Å². The van der Waals surface area contributed by atoms with Crippen molar-refractivity contribution in [1.82, 2.24) is 4.40 Å². The van der Waals surface area contributed by atoms with Gasteiger partial charge in [0.1, 0.15) is 0 Å². The minimum Gasteiger partial charge on any atom is -0.321 e. The lowest BCUT2D eigenvalue weighted by molar-refractivity contribution is 0.590. The highest BCUT2D eigenvalue weighted by Gasteiger charge is 2.13. The van der Waals surface area contributed by atoms with Gasteiger partial charge in [-0.25, -0.2) is 0 Å². The van der Waals surface area contributed by atoms with E-state index in [1.165, 1.54) is 16.8 Å². The third-order valence-electron chi connectivity index (χ3n) is 2.73. The van der Waals surface area contributed by atoms with Crippen molar-refractivity contribution < 1.29 is 0 Å². The first-order chi connectivity index (χ1) is 6.48. The Morgan fingerprint density at radius 2 is 1.79 bits per heavy atom. The second-order valence-corrected chi connectivity index (χ2v) is 4.93. The largest absolute Gasteiger partial charge is 0.321 e. The molecule has 0 atom stereocenters. The van der Waals surface area contributed by atoms with Crippen LogP contribution in [-0.2, 0) is 5.41 Å². The van der Waals surface area contributed by atoms with Crippen molar-refractivity contribution >= 4 is 5.52 Å². The van der Waals surface area contributed by atoms with Crippen molar-refractivity contribution in [2.75, 3.05) is 0 Å². The fourth-order valence-corrected chi connectivity index (χ4v) is 1.72. The zero-order valence-electron chi connectivity index (χ0n) is 9.33. The van der Waals surface area contributed by atoms with Crippen LogP contribution in [0.3, 0.4) is 0 Å². The zero-order valence-corrected chi connectivity index (χ0v) is 9.33. The number of aryl methyl sites for hydroxylation is 1. The van der Waals surface area contributed by atoms with Gasteiger partial charge in [0, 0.05) is 17.4 Å². The van der Waals surface area contributed by atoms with Gasteiger partial charge in [0.05, 0.1) is 0 Å². The molecule has 2 aromatic rings. The van der Waals surface area contributed by atoms with Crippen LogP contribution in [0.4, 0.5) is 0 Å². The van der Waals surface area contributed by atoms with E-state index in [2.05, 4.69) is 62.6 Å². The zero-order chi connectivity index (χ0) is 10.3. The molecular formula is C13H17N. The molecule has 0 saturated carbocycles. The molecule has 1 heteroatoms. The molecule has 1 nitrogen and oxygen atoms in total. The van der Waals surface area contributed by atoms with Gasteiger partial charge in [0.15, 0.2) is 0 Å². The van der Waals surface area contributed by atoms with E-state index in [1.807, 2.05) is 0 Å². The minimum absolute atomic E-state index is 0.236. The summed E-state index contributed by atoms with van der Waals surface area (Å²) in [6, 6.07) is 8.80. The average Bonchev–Trinajstić information content (AvgIpc) is 2.46. The molecule has 0 aliphatic heterocycles. The maximum atomic E-state index is 2.27. The van der Waals surface area contributed by atoms with Gasteiger partial charge < -0.3 is 4.40 Å². The first kappa shape index (κ1) is 9.32. The first-order valence-corrected chi connectivity index (χ1v) is 5.07. The quantitative estimate of drug-likeness (QED) is 0.594. The van der Waals surface area contributed by atoms with Gasteiger partial charge >= 0.3 is 0 Å². The Labute approximate surface area is 85.4 Å². The highest BCUT2D eigenvalue weighted by Crippen LogP contribution is 2.23. The SMILES string of the molecule is Cc1ccc2cc(C(C)(C)C)ccn12. The molecule has 0 aliphatic rings. The van der Waals surface area contributed by atoms with Gasteiger partial charge in [-0.05, 0) is 42.2 Å². The maximum absolute atomic E-state index is 2.27. The van der Waals surface area contributed by atoms with E-state index < -0.39 is 0 Å². The molecule has 0 aliphatic carbocycles. The predicted molar refractivity (Wildman–Crippen MR) is 60.8 cm³/mol. The molecule has 0 unspecified atom stereocenters. The van der Waals surface area contributed by atoms with Crippen LogP contribution < -0.4 is 0 Å². The van der Waals surface area contributed by atoms with Crippen LogP contribution in [-0.4, -0.2) is 4.40 Å². The molecule has 0 aromatic carbocycles. The van der Waals surface area contributed by atoms with Crippen molar-refractivity contribution in [2.24, 2.45) is 0 Å². The van der Waals surface area contributed by atoms with Gasteiger partial charge in [0.25, 0.3) is 0 Å². The third kappa shape index (κ3) is 1.43. The lowest BCUT2D eigenvalue weighted by Gasteiger charge is -2.19. The maximum Gasteiger partial charge on any atom is 0.0455 e. The number of aromatic nitrogens is 1. The Bertz CT molecular complexity index is 458. The van der Waals surface area contributed by atoms with E-state index in [4.69, 9.17) is 0 Å². The Morgan fingerprint density at radius 3 is 2.43 bits per heavy atom. The van der Waals surface area contributed by atoms with E-state index in [-0.39, 0.29) is 5.41 Å². The summed E-state index contributed by atoms with van der Waals surface area (Å²) in [7, 11) is 0. The summed E-state index contributed by atoms with van der Waals surface area (Å²) in [6.07, 6.45) is 2.16. The van der Waals surface area contributed by atoms with Crippen LogP contribution >= 0.6 is 0 Å². The third-order valence-corrected chi connectivity index (χ3v) is 2.73. The summed E-state index contributed by atoms with van der Waals surface area (Å²) in [5.41, 5.74) is 4.21. The molecule has 2 aromatic heterocycles. The van der Waals surface area contributed by atoms with E-state index >= 15 is 0 Å². The lowest BCUT2D eigenvalue weighted by atomic mass is 9.87. The standard InChI is InChI=1S/C13H17N/c1-10-5-6-12-9-11(13(2,3)4)7-8-14(10)12/h5-9H,1-4H3. The number of hydrogen-bond donors (Lipinski definition) is 0. The summed E-state index contributed by atoms with van der Waals surface area (Å²) in [5.74, 6) is 0. The van der Waals surface area contributed by atoms with Crippen LogP contribution in [0.2, 0.25) is 0 Å². The summed E-state index contributed by atoms with van der Waals surface area (Å²) in [4.78, 5) is 0. The van der Waals surface area contributed by atoms with E-state index in [0.29, 0.717) is 0 Å². The molecule has 0 fully saturated rings. The van der Waals surface area contributed by atoms with Crippen molar-refractivity contribution in [3.8, 4) is 0 Å². The number of hydrogen-bond acceptors (Lipinski definition) is 0. The van der Waals surface area contributed by atoms with E-state index in [0.717, 1.165) is 0 Å². The molecule has 0 spiro atoms. The number of fused-ring (bicyclic) bond motifs is 1. The smallest absolute Gasteiger partial charge is 0.0455 e. The van der Waals surface area contributed by atoms with Crippen LogP contribution in [0.25, 0.3) is 5.52 Å². The summed E-state index contributed by atoms with van der Waals surface area (Å²) < 4.78 is 2.22. The topological polar surface area (TPSA) is 4.41 Å². The number of pyridine rings is 1. The van der Waals surface area contributed by atoms with Crippen LogP contribution in [0.1, 0.15) is 32.0 Å². The summed E-state index contributed by atoms with van der Waals surface area (Å²) in [6.45, 7) is 8.86. The van der Waals surface area contributed by atoms with Crippen LogP contribution in [0, 0.1) is 6.92 Å². The van der Waals surface area contributed by atoms with Gasteiger partial charge in [0.2, 0.25) is 0 Å². The fourth-order valence-electron chi connectivity index (χ4n) is 1.72.